The van der Waals surface area contributed by atoms with Crippen LogP contribution >= 0.6 is 11.6 Å². The Morgan fingerprint density at radius 2 is 1.89 bits per heavy atom. The van der Waals surface area contributed by atoms with Crippen molar-refractivity contribution in [2.75, 3.05) is 17.2 Å². The lowest BCUT2D eigenvalue weighted by Gasteiger charge is -2.10. The van der Waals surface area contributed by atoms with Crippen molar-refractivity contribution in [3.63, 3.8) is 0 Å². The van der Waals surface area contributed by atoms with Gasteiger partial charge >= 0.3 is 6.09 Å². The van der Waals surface area contributed by atoms with Crippen LogP contribution in [0, 0.1) is 0 Å². The van der Waals surface area contributed by atoms with Crippen molar-refractivity contribution in [1.29, 1.82) is 0 Å². The molecular weight excluding hydrogens is 380 g/mol. The summed E-state index contributed by atoms with van der Waals surface area (Å²) in [5.74, 6) is 0.245. The van der Waals surface area contributed by atoms with E-state index in [4.69, 9.17) is 16.3 Å². The molecule has 2 amide bonds. The predicted octanol–water partition coefficient (Wildman–Crippen LogP) is 4.41. The van der Waals surface area contributed by atoms with Crippen LogP contribution in [0.4, 0.5) is 16.3 Å². The molecule has 0 spiro atoms. The van der Waals surface area contributed by atoms with Crippen LogP contribution in [0.2, 0.25) is 5.02 Å². The van der Waals surface area contributed by atoms with E-state index in [2.05, 4.69) is 15.7 Å². The summed E-state index contributed by atoms with van der Waals surface area (Å²) in [6.45, 7) is 2.48. The maximum atomic E-state index is 12.6. The number of halogens is 1. The first kappa shape index (κ1) is 19.4. The van der Waals surface area contributed by atoms with Crippen LogP contribution in [0.25, 0.3) is 0 Å². The van der Waals surface area contributed by atoms with Crippen LogP contribution in [-0.4, -0.2) is 28.4 Å². The number of ether oxygens (including phenoxy) is 1. The van der Waals surface area contributed by atoms with E-state index < -0.39 is 6.09 Å². The second kappa shape index (κ2) is 9.05. The summed E-state index contributed by atoms with van der Waals surface area (Å²) in [6, 6.07) is 15.7. The molecule has 7 nitrogen and oxygen atoms in total. The van der Waals surface area contributed by atoms with E-state index in [1.165, 1.54) is 0 Å². The monoisotopic (exact) mass is 398 g/mol. The van der Waals surface area contributed by atoms with E-state index in [0.29, 0.717) is 28.6 Å². The van der Waals surface area contributed by atoms with Gasteiger partial charge in [-0.1, -0.05) is 29.8 Å². The molecule has 2 aromatic carbocycles. The number of benzene rings is 2. The molecule has 0 aliphatic carbocycles. The van der Waals surface area contributed by atoms with Gasteiger partial charge in [-0.05, 0) is 42.8 Å². The highest BCUT2D eigenvalue weighted by Gasteiger charge is 2.11. The molecule has 0 radical (unpaired) electrons. The standard InChI is InChI=1S/C20H19ClN4O3/c1-2-28-20(27)23-17-5-3-4-15(12-17)19(26)24-18-10-11-22-25(18)13-14-6-8-16(21)9-7-14/h3-12H,2,13H2,1H3,(H,23,27)(H,24,26). The van der Waals surface area contributed by atoms with Gasteiger partial charge in [0.05, 0.1) is 19.3 Å². The van der Waals surface area contributed by atoms with Crippen molar-refractivity contribution in [3.05, 3.63) is 76.9 Å². The topological polar surface area (TPSA) is 85.2 Å². The maximum absolute atomic E-state index is 12.6. The number of hydrogen-bond donors (Lipinski definition) is 2. The molecule has 0 bridgehead atoms. The molecule has 1 aromatic heterocycles. The largest absolute Gasteiger partial charge is 0.450 e. The van der Waals surface area contributed by atoms with Crippen molar-refractivity contribution < 1.29 is 14.3 Å². The third kappa shape index (κ3) is 5.11. The minimum absolute atomic E-state index is 0.267. The van der Waals surface area contributed by atoms with E-state index in [-0.39, 0.29) is 12.5 Å². The first-order valence-corrected chi connectivity index (χ1v) is 9.04. The third-order valence-electron chi connectivity index (χ3n) is 3.85. The summed E-state index contributed by atoms with van der Waals surface area (Å²) in [4.78, 5) is 24.1. The first-order valence-electron chi connectivity index (χ1n) is 8.66. The molecule has 2 N–H and O–H groups in total. The zero-order valence-corrected chi connectivity index (χ0v) is 15.9. The lowest BCUT2D eigenvalue weighted by atomic mass is 10.2. The van der Waals surface area contributed by atoms with E-state index in [0.717, 1.165) is 5.56 Å². The highest BCUT2D eigenvalue weighted by molar-refractivity contribution is 6.30. The van der Waals surface area contributed by atoms with Gasteiger partial charge in [0.1, 0.15) is 5.82 Å². The van der Waals surface area contributed by atoms with Gasteiger partial charge in [-0.15, -0.1) is 0 Å². The quantitative estimate of drug-likeness (QED) is 0.644. The Kier molecular flexibility index (Phi) is 6.29. The van der Waals surface area contributed by atoms with Crippen LogP contribution in [0.3, 0.4) is 0 Å². The molecule has 0 atom stereocenters. The molecule has 0 saturated heterocycles. The van der Waals surface area contributed by atoms with Gasteiger partial charge in [-0.2, -0.15) is 5.10 Å². The number of carbonyl (C=O) groups excluding carboxylic acids is 2. The summed E-state index contributed by atoms with van der Waals surface area (Å²) in [5.41, 5.74) is 1.87. The molecule has 28 heavy (non-hydrogen) atoms. The summed E-state index contributed by atoms with van der Waals surface area (Å²) >= 11 is 5.91. The van der Waals surface area contributed by atoms with E-state index in [1.807, 2.05) is 12.1 Å². The second-order valence-corrected chi connectivity index (χ2v) is 6.32. The molecule has 0 fully saturated rings. The highest BCUT2D eigenvalue weighted by Crippen LogP contribution is 2.16. The Morgan fingerprint density at radius 3 is 2.64 bits per heavy atom. The summed E-state index contributed by atoms with van der Waals surface area (Å²) in [7, 11) is 0. The second-order valence-electron chi connectivity index (χ2n) is 5.88. The minimum atomic E-state index is -0.568. The lowest BCUT2D eigenvalue weighted by Crippen LogP contribution is -2.17. The average molecular weight is 399 g/mol. The molecule has 3 rings (SSSR count). The Bertz CT molecular complexity index is 970. The Balaban J connectivity index is 1.69. The number of rotatable bonds is 6. The molecule has 0 unspecified atom stereocenters. The zero-order chi connectivity index (χ0) is 19.9. The molecule has 144 valence electrons. The lowest BCUT2D eigenvalue weighted by molar-refractivity contribution is 0.102. The fraction of sp³-hybridized carbons (Fsp3) is 0.150. The SMILES string of the molecule is CCOC(=O)Nc1cccc(C(=O)Nc2ccnn2Cc2ccc(Cl)cc2)c1. The maximum Gasteiger partial charge on any atom is 0.411 e. The number of amides is 2. The fourth-order valence-electron chi connectivity index (χ4n) is 2.54. The van der Waals surface area contributed by atoms with Gasteiger partial charge < -0.3 is 10.1 Å². The van der Waals surface area contributed by atoms with Crippen molar-refractivity contribution in [3.8, 4) is 0 Å². The number of anilines is 2. The number of nitrogens with zero attached hydrogens (tertiary/aromatic N) is 2. The Morgan fingerprint density at radius 1 is 1.11 bits per heavy atom. The minimum Gasteiger partial charge on any atom is -0.450 e. The van der Waals surface area contributed by atoms with Crippen molar-refractivity contribution >= 4 is 35.1 Å². The Hall–Kier alpha value is -3.32. The Labute approximate surface area is 167 Å². The number of nitrogens with one attached hydrogen (secondary N) is 2. The normalized spacial score (nSPS) is 10.4. The molecule has 0 aliphatic rings. The van der Waals surface area contributed by atoms with E-state index in [1.54, 1.807) is 60.3 Å². The first-order chi connectivity index (χ1) is 13.5. The molecular formula is C20H19ClN4O3. The molecule has 1 heterocycles. The van der Waals surface area contributed by atoms with E-state index >= 15 is 0 Å². The van der Waals surface area contributed by atoms with Crippen molar-refractivity contribution in [1.82, 2.24) is 9.78 Å². The molecule has 8 heteroatoms. The van der Waals surface area contributed by atoms with Gasteiger partial charge in [-0.3, -0.25) is 10.1 Å². The number of carbonyl (C=O) groups is 2. The number of aromatic nitrogens is 2. The van der Waals surface area contributed by atoms with Gasteiger partial charge in [-0.25, -0.2) is 9.48 Å². The van der Waals surface area contributed by atoms with Crippen LogP contribution < -0.4 is 10.6 Å². The van der Waals surface area contributed by atoms with Crippen LogP contribution in [-0.2, 0) is 11.3 Å². The van der Waals surface area contributed by atoms with Gasteiger partial charge in [0.2, 0.25) is 0 Å². The average Bonchev–Trinajstić information content (AvgIpc) is 3.10. The van der Waals surface area contributed by atoms with Gasteiger partial charge in [0, 0.05) is 22.3 Å². The number of hydrogen-bond acceptors (Lipinski definition) is 4. The van der Waals surface area contributed by atoms with Crippen LogP contribution in [0.5, 0.6) is 0 Å². The molecule has 0 saturated carbocycles. The van der Waals surface area contributed by atoms with Crippen molar-refractivity contribution in [2.24, 2.45) is 0 Å². The van der Waals surface area contributed by atoms with Gasteiger partial charge in [0.15, 0.2) is 0 Å². The highest BCUT2D eigenvalue weighted by atomic mass is 35.5. The summed E-state index contributed by atoms with van der Waals surface area (Å²) in [5, 5.41) is 10.3. The van der Waals surface area contributed by atoms with E-state index in [9.17, 15) is 9.59 Å². The van der Waals surface area contributed by atoms with Gasteiger partial charge in [0.25, 0.3) is 5.91 Å². The smallest absolute Gasteiger partial charge is 0.411 e. The summed E-state index contributed by atoms with van der Waals surface area (Å²) in [6.07, 6.45) is 1.05. The fourth-order valence-corrected chi connectivity index (χ4v) is 2.67. The molecule has 3 aromatic rings. The van der Waals surface area contributed by atoms with Crippen LogP contribution in [0.15, 0.2) is 60.8 Å². The van der Waals surface area contributed by atoms with Crippen molar-refractivity contribution in [2.45, 2.75) is 13.5 Å². The van der Waals surface area contributed by atoms with Crippen LogP contribution in [0.1, 0.15) is 22.8 Å². The molecule has 0 aliphatic heterocycles. The zero-order valence-electron chi connectivity index (χ0n) is 15.2. The predicted molar refractivity (Wildman–Crippen MR) is 108 cm³/mol. The third-order valence-corrected chi connectivity index (χ3v) is 4.10. The summed E-state index contributed by atoms with van der Waals surface area (Å²) < 4.78 is 6.52.